The van der Waals surface area contributed by atoms with E-state index in [1.54, 1.807) is 48.5 Å². The molecule has 0 fully saturated rings. The molecule has 4 nitrogen and oxygen atoms in total. The minimum atomic E-state index is -4.51. The summed E-state index contributed by atoms with van der Waals surface area (Å²) < 4.78 is 47.2. The summed E-state index contributed by atoms with van der Waals surface area (Å²) in [7, 11) is 0. The summed E-state index contributed by atoms with van der Waals surface area (Å²) >= 11 is 5.99. The number of alkyl halides is 3. The third kappa shape index (κ3) is 4.67. The molecule has 0 unspecified atom stereocenters. The number of nitrogens with one attached hydrogen (secondary N) is 2. The first kappa shape index (κ1) is 19.5. The van der Waals surface area contributed by atoms with Crippen LogP contribution in [0.2, 0.25) is 5.02 Å². The molecule has 1 aliphatic rings. The Bertz CT molecular complexity index is 1200. The maximum absolute atomic E-state index is 13.0. The van der Waals surface area contributed by atoms with Crippen molar-refractivity contribution in [2.45, 2.75) is 6.18 Å². The van der Waals surface area contributed by atoms with Crippen LogP contribution in [0, 0.1) is 0 Å². The van der Waals surface area contributed by atoms with E-state index in [1.165, 1.54) is 17.1 Å². The highest BCUT2D eigenvalue weighted by molar-refractivity contribution is 6.30. The first-order chi connectivity index (χ1) is 15.2. The standard InChI is InChI=1S/C23H17ClF3N3O/c24-18-11-9-16(10-12-18)21-20(15-5-2-1-3-6-15)14-30(29-21)22(31)28-19-8-4-7-17(13-19)23(25,26)27/h1-13,29H,14H2,(H,28,31)/i5D. The lowest BCUT2D eigenvalue weighted by Gasteiger charge is -2.19. The van der Waals surface area contributed by atoms with Crippen LogP contribution < -0.4 is 10.7 Å². The Hall–Kier alpha value is -3.45. The van der Waals surface area contributed by atoms with Gasteiger partial charge in [-0.05, 0) is 41.5 Å². The fourth-order valence-corrected chi connectivity index (χ4v) is 3.35. The molecular weight excluding hydrogens is 427 g/mol. The summed E-state index contributed by atoms with van der Waals surface area (Å²) in [5.41, 5.74) is 4.90. The zero-order valence-corrected chi connectivity index (χ0v) is 16.8. The van der Waals surface area contributed by atoms with Crippen molar-refractivity contribution in [3.8, 4) is 0 Å². The third-order valence-corrected chi connectivity index (χ3v) is 4.97. The van der Waals surface area contributed by atoms with Crippen molar-refractivity contribution in [3.63, 3.8) is 0 Å². The normalized spacial score (nSPS) is 14.3. The highest BCUT2D eigenvalue weighted by Gasteiger charge is 2.31. The van der Waals surface area contributed by atoms with Gasteiger partial charge in [-0.15, -0.1) is 0 Å². The Kier molecular flexibility index (Phi) is 5.26. The molecule has 31 heavy (non-hydrogen) atoms. The monoisotopic (exact) mass is 444 g/mol. The molecule has 3 aromatic rings. The Morgan fingerprint density at radius 3 is 2.52 bits per heavy atom. The van der Waals surface area contributed by atoms with Gasteiger partial charge in [-0.3, -0.25) is 5.43 Å². The summed E-state index contributed by atoms with van der Waals surface area (Å²) in [5, 5.41) is 4.30. The number of halogens is 4. The van der Waals surface area contributed by atoms with Crippen molar-refractivity contribution in [2.24, 2.45) is 0 Å². The second kappa shape index (κ2) is 8.35. The van der Waals surface area contributed by atoms with E-state index in [2.05, 4.69) is 10.7 Å². The smallest absolute Gasteiger partial charge is 0.306 e. The van der Waals surface area contributed by atoms with Crippen molar-refractivity contribution in [3.05, 3.63) is 101 Å². The Balaban J connectivity index is 1.62. The predicted octanol–water partition coefficient (Wildman–Crippen LogP) is 6.28. The van der Waals surface area contributed by atoms with Gasteiger partial charge in [0.25, 0.3) is 0 Å². The zero-order chi connectivity index (χ0) is 22.9. The summed E-state index contributed by atoms with van der Waals surface area (Å²) in [6, 6.07) is 18.0. The van der Waals surface area contributed by atoms with E-state index in [4.69, 9.17) is 13.0 Å². The number of hydrazine groups is 1. The van der Waals surface area contributed by atoms with Gasteiger partial charge in [0.2, 0.25) is 0 Å². The average Bonchev–Trinajstić information content (AvgIpc) is 3.19. The zero-order valence-electron chi connectivity index (χ0n) is 17.0. The van der Waals surface area contributed by atoms with Crippen LogP contribution in [0.1, 0.15) is 18.1 Å². The predicted molar refractivity (Wildman–Crippen MR) is 115 cm³/mol. The van der Waals surface area contributed by atoms with E-state index in [0.29, 0.717) is 21.9 Å². The molecule has 2 amide bonds. The molecule has 0 spiro atoms. The number of benzene rings is 3. The third-order valence-electron chi connectivity index (χ3n) is 4.72. The van der Waals surface area contributed by atoms with Gasteiger partial charge in [-0.1, -0.05) is 60.1 Å². The summed E-state index contributed by atoms with van der Waals surface area (Å²) in [4.78, 5) is 12.8. The van der Waals surface area contributed by atoms with Crippen LogP contribution in [-0.4, -0.2) is 17.6 Å². The lowest BCUT2D eigenvalue weighted by Crippen LogP contribution is -2.40. The average molecular weight is 445 g/mol. The molecule has 158 valence electrons. The molecule has 0 saturated carbocycles. The number of carbonyl (C=O) groups excluding carboxylic acids is 1. The van der Waals surface area contributed by atoms with Crippen molar-refractivity contribution < 1.29 is 19.3 Å². The SMILES string of the molecule is [2H]c1ccccc1C1=C(c2ccc(Cl)cc2)NN(C(=O)Nc2cccc(C(F)(F)F)c2)C1. The fraction of sp³-hybridized carbons (Fsp3) is 0.0870. The van der Waals surface area contributed by atoms with Gasteiger partial charge < -0.3 is 5.32 Å². The largest absolute Gasteiger partial charge is 0.416 e. The topological polar surface area (TPSA) is 44.4 Å². The number of nitrogens with zero attached hydrogens (tertiary/aromatic N) is 1. The van der Waals surface area contributed by atoms with Crippen molar-refractivity contribution >= 4 is 34.6 Å². The van der Waals surface area contributed by atoms with Crippen molar-refractivity contribution in [1.29, 1.82) is 0 Å². The van der Waals surface area contributed by atoms with Gasteiger partial charge in [-0.25, -0.2) is 9.80 Å². The van der Waals surface area contributed by atoms with Crippen LogP contribution >= 0.6 is 11.6 Å². The lowest BCUT2D eigenvalue weighted by atomic mass is 10.0. The summed E-state index contributed by atoms with van der Waals surface area (Å²) in [6.07, 6.45) is -4.51. The minimum Gasteiger partial charge on any atom is -0.306 e. The Labute approximate surface area is 183 Å². The first-order valence-corrected chi connectivity index (χ1v) is 9.68. The number of anilines is 1. The van der Waals surface area contributed by atoms with E-state index < -0.39 is 17.8 Å². The van der Waals surface area contributed by atoms with Gasteiger partial charge in [-0.2, -0.15) is 13.2 Å². The quantitative estimate of drug-likeness (QED) is 0.499. The van der Waals surface area contributed by atoms with Crippen molar-refractivity contribution in [1.82, 2.24) is 10.4 Å². The number of carbonyl (C=O) groups is 1. The van der Waals surface area contributed by atoms with E-state index >= 15 is 0 Å². The van der Waals surface area contributed by atoms with Crippen LogP contribution in [0.15, 0.2) is 78.8 Å². The second-order valence-electron chi connectivity index (χ2n) is 6.84. The van der Waals surface area contributed by atoms with Crippen LogP contribution in [0.3, 0.4) is 0 Å². The highest BCUT2D eigenvalue weighted by atomic mass is 35.5. The van der Waals surface area contributed by atoms with E-state index in [-0.39, 0.29) is 18.3 Å². The molecule has 1 aliphatic heterocycles. The van der Waals surface area contributed by atoms with Crippen LogP contribution in [0.25, 0.3) is 11.3 Å². The molecule has 4 rings (SSSR count). The van der Waals surface area contributed by atoms with Gasteiger partial charge in [0.1, 0.15) is 0 Å². The highest BCUT2D eigenvalue weighted by Crippen LogP contribution is 2.32. The fourth-order valence-electron chi connectivity index (χ4n) is 3.22. The molecule has 0 aliphatic carbocycles. The van der Waals surface area contributed by atoms with Gasteiger partial charge in [0.05, 0.1) is 19.2 Å². The van der Waals surface area contributed by atoms with E-state index in [0.717, 1.165) is 17.7 Å². The number of hydrogen-bond acceptors (Lipinski definition) is 2. The molecule has 8 heteroatoms. The molecule has 0 saturated heterocycles. The summed E-state index contributed by atoms with van der Waals surface area (Å²) in [5.74, 6) is 0. The van der Waals surface area contributed by atoms with E-state index in [1.807, 2.05) is 0 Å². The molecule has 3 aromatic carbocycles. The lowest BCUT2D eigenvalue weighted by molar-refractivity contribution is -0.137. The van der Waals surface area contributed by atoms with Crippen molar-refractivity contribution in [2.75, 3.05) is 11.9 Å². The molecule has 0 bridgehead atoms. The molecule has 0 atom stereocenters. The van der Waals surface area contributed by atoms with Crippen LogP contribution in [0.4, 0.5) is 23.7 Å². The molecule has 0 radical (unpaired) electrons. The van der Waals surface area contributed by atoms with Gasteiger partial charge in [0.15, 0.2) is 0 Å². The number of amides is 2. The van der Waals surface area contributed by atoms with Crippen LogP contribution in [0.5, 0.6) is 0 Å². The maximum atomic E-state index is 13.0. The van der Waals surface area contributed by atoms with Gasteiger partial charge >= 0.3 is 12.2 Å². The molecule has 2 N–H and O–H groups in total. The Morgan fingerprint density at radius 2 is 1.81 bits per heavy atom. The molecule has 1 heterocycles. The summed E-state index contributed by atoms with van der Waals surface area (Å²) in [6.45, 7) is 0.110. The number of urea groups is 1. The second-order valence-corrected chi connectivity index (χ2v) is 7.28. The molecule has 0 aromatic heterocycles. The Morgan fingerprint density at radius 1 is 1.03 bits per heavy atom. The van der Waals surface area contributed by atoms with Crippen LogP contribution in [-0.2, 0) is 6.18 Å². The maximum Gasteiger partial charge on any atom is 0.416 e. The number of rotatable bonds is 3. The van der Waals surface area contributed by atoms with Gasteiger partial charge in [0, 0.05) is 16.3 Å². The minimum absolute atomic E-state index is 0.0222. The first-order valence-electron chi connectivity index (χ1n) is 9.80. The number of hydrogen-bond donors (Lipinski definition) is 2. The van der Waals surface area contributed by atoms with E-state index in [9.17, 15) is 18.0 Å². The molecular formula is C23H17ClF3N3O.